The van der Waals surface area contributed by atoms with Gasteiger partial charge in [-0.3, -0.25) is 14.5 Å². The Labute approximate surface area is 153 Å². The van der Waals surface area contributed by atoms with Gasteiger partial charge in [-0.05, 0) is 24.3 Å². The Bertz CT molecular complexity index is 1310. The molecule has 0 radical (unpaired) electrons. The average molecular weight is 354 g/mol. The van der Waals surface area contributed by atoms with Crippen LogP contribution in [0.5, 0.6) is 0 Å². The van der Waals surface area contributed by atoms with Gasteiger partial charge in [0, 0.05) is 11.9 Å². The van der Waals surface area contributed by atoms with Gasteiger partial charge in [0.15, 0.2) is 5.65 Å². The largest absolute Gasteiger partial charge is 0.324 e. The predicted octanol–water partition coefficient (Wildman–Crippen LogP) is 3.40. The standard InChI is InChI=1S/C20H14N6O/c27-19-16-12-22-25-17(16)15-11-21-20(23-13-7-3-1-4-8-13)24-18(15)26(19)14-9-5-2-6-10-14/h1-12H,(H,22,25)(H,21,23,24). The predicted molar refractivity (Wildman–Crippen MR) is 105 cm³/mol. The Morgan fingerprint density at radius 1 is 0.889 bits per heavy atom. The lowest BCUT2D eigenvalue weighted by Gasteiger charge is -2.12. The van der Waals surface area contributed by atoms with Crippen molar-refractivity contribution in [2.24, 2.45) is 0 Å². The lowest BCUT2D eigenvalue weighted by molar-refractivity contribution is 1.02. The maximum absolute atomic E-state index is 13.1. The Hall–Kier alpha value is -4.00. The normalized spacial score (nSPS) is 11.1. The first-order chi connectivity index (χ1) is 13.3. The molecule has 2 N–H and O–H groups in total. The quantitative estimate of drug-likeness (QED) is 0.518. The van der Waals surface area contributed by atoms with E-state index in [1.165, 1.54) is 6.20 Å². The number of pyridine rings is 1. The zero-order valence-electron chi connectivity index (χ0n) is 14.1. The minimum Gasteiger partial charge on any atom is -0.324 e. The van der Waals surface area contributed by atoms with Crippen molar-refractivity contribution >= 4 is 33.6 Å². The topological polar surface area (TPSA) is 88.5 Å². The lowest BCUT2D eigenvalue weighted by atomic mass is 10.2. The van der Waals surface area contributed by atoms with Gasteiger partial charge >= 0.3 is 0 Å². The van der Waals surface area contributed by atoms with E-state index in [1.807, 2.05) is 60.7 Å². The Balaban J connectivity index is 1.80. The fraction of sp³-hybridized carbons (Fsp3) is 0. The fourth-order valence-corrected chi connectivity index (χ4v) is 3.12. The summed E-state index contributed by atoms with van der Waals surface area (Å²) in [6, 6.07) is 19.1. The van der Waals surface area contributed by atoms with Gasteiger partial charge < -0.3 is 5.32 Å². The number of nitrogens with one attached hydrogen (secondary N) is 2. The third kappa shape index (κ3) is 2.53. The van der Waals surface area contributed by atoms with E-state index in [4.69, 9.17) is 0 Å². The zero-order chi connectivity index (χ0) is 18.2. The molecule has 0 fully saturated rings. The molecule has 0 spiro atoms. The van der Waals surface area contributed by atoms with E-state index < -0.39 is 0 Å². The van der Waals surface area contributed by atoms with Gasteiger partial charge in [-0.2, -0.15) is 10.1 Å². The van der Waals surface area contributed by atoms with Gasteiger partial charge in [0.1, 0.15) is 0 Å². The highest BCUT2D eigenvalue weighted by atomic mass is 16.1. The Morgan fingerprint density at radius 2 is 1.63 bits per heavy atom. The molecule has 0 aliphatic heterocycles. The second-order valence-electron chi connectivity index (χ2n) is 6.06. The molecule has 0 amide bonds. The van der Waals surface area contributed by atoms with E-state index in [2.05, 4.69) is 25.5 Å². The molecule has 7 heteroatoms. The minimum atomic E-state index is -0.179. The number of benzene rings is 2. The fourth-order valence-electron chi connectivity index (χ4n) is 3.12. The van der Waals surface area contributed by atoms with Crippen LogP contribution in [0.4, 0.5) is 11.6 Å². The molecular weight excluding hydrogens is 340 g/mol. The Morgan fingerprint density at radius 3 is 2.41 bits per heavy atom. The van der Waals surface area contributed by atoms with Crippen molar-refractivity contribution in [2.45, 2.75) is 0 Å². The summed E-state index contributed by atoms with van der Waals surface area (Å²) in [5.41, 5.74) is 2.57. The molecule has 0 aliphatic rings. The van der Waals surface area contributed by atoms with E-state index >= 15 is 0 Å². The van der Waals surface area contributed by atoms with Gasteiger partial charge in [-0.15, -0.1) is 0 Å². The number of rotatable bonds is 3. The maximum Gasteiger partial charge on any atom is 0.267 e. The number of hydrogen-bond acceptors (Lipinski definition) is 5. The van der Waals surface area contributed by atoms with Crippen molar-refractivity contribution in [3.05, 3.63) is 83.4 Å². The summed E-state index contributed by atoms with van der Waals surface area (Å²) in [6.07, 6.45) is 3.24. The average Bonchev–Trinajstić information content (AvgIpc) is 3.20. The molecule has 3 heterocycles. The smallest absolute Gasteiger partial charge is 0.267 e. The van der Waals surface area contributed by atoms with Gasteiger partial charge in [0.2, 0.25) is 5.95 Å². The van der Waals surface area contributed by atoms with Crippen LogP contribution in [0.2, 0.25) is 0 Å². The summed E-state index contributed by atoms with van der Waals surface area (Å²) in [4.78, 5) is 22.1. The van der Waals surface area contributed by atoms with Gasteiger partial charge in [0.05, 0.1) is 28.2 Å². The molecule has 0 aliphatic carbocycles. The van der Waals surface area contributed by atoms with E-state index in [-0.39, 0.29) is 5.56 Å². The summed E-state index contributed by atoms with van der Waals surface area (Å²) in [6.45, 7) is 0. The molecule has 130 valence electrons. The van der Waals surface area contributed by atoms with Crippen LogP contribution in [0.1, 0.15) is 0 Å². The molecule has 0 saturated carbocycles. The van der Waals surface area contributed by atoms with Crippen molar-refractivity contribution in [2.75, 3.05) is 5.32 Å². The molecule has 27 heavy (non-hydrogen) atoms. The summed E-state index contributed by atoms with van der Waals surface area (Å²) >= 11 is 0. The molecule has 3 aromatic heterocycles. The van der Waals surface area contributed by atoms with Crippen LogP contribution in [0.15, 0.2) is 77.9 Å². The zero-order valence-corrected chi connectivity index (χ0v) is 14.1. The van der Waals surface area contributed by atoms with E-state index in [0.717, 1.165) is 16.8 Å². The van der Waals surface area contributed by atoms with Crippen LogP contribution < -0.4 is 10.9 Å². The number of fused-ring (bicyclic) bond motifs is 3. The minimum absolute atomic E-state index is 0.179. The highest BCUT2D eigenvalue weighted by Gasteiger charge is 2.16. The second kappa shape index (κ2) is 6.06. The van der Waals surface area contributed by atoms with Crippen LogP contribution in [0.3, 0.4) is 0 Å². The number of H-pyrrole nitrogens is 1. The van der Waals surface area contributed by atoms with Crippen molar-refractivity contribution in [1.82, 2.24) is 24.7 Å². The van der Waals surface area contributed by atoms with E-state index in [0.29, 0.717) is 22.5 Å². The molecule has 0 saturated heterocycles. The third-order valence-corrected chi connectivity index (χ3v) is 4.37. The van der Waals surface area contributed by atoms with Crippen LogP contribution in [0, 0.1) is 0 Å². The summed E-state index contributed by atoms with van der Waals surface area (Å²) in [7, 11) is 0. The van der Waals surface area contributed by atoms with Gasteiger partial charge in [-0.1, -0.05) is 36.4 Å². The number of nitrogens with zero attached hydrogens (tertiary/aromatic N) is 4. The summed E-state index contributed by atoms with van der Waals surface area (Å²) in [5, 5.41) is 11.3. The first kappa shape index (κ1) is 15.3. The van der Waals surface area contributed by atoms with Crippen molar-refractivity contribution in [1.29, 1.82) is 0 Å². The molecule has 0 unspecified atom stereocenters. The highest BCUT2D eigenvalue weighted by molar-refractivity contribution is 6.02. The number of anilines is 2. The van der Waals surface area contributed by atoms with Crippen LogP contribution in [0.25, 0.3) is 27.6 Å². The van der Waals surface area contributed by atoms with Crippen molar-refractivity contribution in [3.8, 4) is 5.69 Å². The van der Waals surface area contributed by atoms with Crippen LogP contribution >= 0.6 is 0 Å². The summed E-state index contributed by atoms with van der Waals surface area (Å²) in [5.74, 6) is 0.414. The second-order valence-corrected chi connectivity index (χ2v) is 6.06. The number of aromatic amines is 1. The molecule has 0 bridgehead atoms. The SMILES string of the molecule is O=c1c2cn[nH]c2c2cnc(Nc3ccccc3)nc2n1-c1ccccc1. The van der Waals surface area contributed by atoms with E-state index in [1.54, 1.807) is 10.8 Å². The highest BCUT2D eigenvalue weighted by Crippen LogP contribution is 2.23. The monoisotopic (exact) mass is 354 g/mol. The molecule has 5 rings (SSSR count). The number of hydrogen-bond donors (Lipinski definition) is 2. The molecule has 2 aromatic carbocycles. The summed E-state index contributed by atoms with van der Waals surface area (Å²) < 4.78 is 1.59. The van der Waals surface area contributed by atoms with Crippen LogP contribution in [-0.4, -0.2) is 24.7 Å². The van der Waals surface area contributed by atoms with Gasteiger partial charge in [0.25, 0.3) is 5.56 Å². The number of para-hydroxylation sites is 2. The van der Waals surface area contributed by atoms with Crippen molar-refractivity contribution < 1.29 is 0 Å². The van der Waals surface area contributed by atoms with Crippen LogP contribution in [-0.2, 0) is 0 Å². The van der Waals surface area contributed by atoms with Gasteiger partial charge in [-0.25, -0.2) is 4.98 Å². The first-order valence-electron chi connectivity index (χ1n) is 8.43. The maximum atomic E-state index is 13.1. The number of aromatic nitrogens is 5. The van der Waals surface area contributed by atoms with Crippen molar-refractivity contribution in [3.63, 3.8) is 0 Å². The molecule has 0 atom stereocenters. The first-order valence-corrected chi connectivity index (χ1v) is 8.43. The molecule has 7 nitrogen and oxygen atoms in total. The Kier molecular flexibility index (Phi) is 3.43. The third-order valence-electron chi connectivity index (χ3n) is 4.37. The van der Waals surface area contributed by atoms with E-state index in [9.17, 15) is 4.79 Å². The molecule has 5 aromatic rings. The lowest BCUT2D eigenvalue weighted by Crippen LogP contribution is -2.20. The molecular formula is C20H14N6O.